The minimum absolute atomic E-state index is 0.183. The van der Waals surface area contributed by atoms with Gasteiger partial charge in [0, 0.05) is 5.69 Å². The zero-order chi connectivity index (χ0) is 18.2. The minimum atomic E-state index is -1.01. The molecule has 2 aromatic rings. The number of rotatable bonds is 6. The van der Waals surface area contributed by atoms with Crippen LogP contribution < -0.4 is 9.64 Å². The van der Waals surface area contributed by atoms with E-state index in [1.54, 1.807) is 24.3 Å². The lowest BCUT2D eigenvalue weighted by molar-refractivity contribution is -0.139. The molecule has 7 nitrogen and oxygen atoms in total. The zero-order valence-corrected chi connectivity index (χ0v) is 13.9. The zero-order valence-electron chi connectivity index (χ0n) is 13.9. The van der Waals surface area contributed by atoms with Crippen molar-refractivity contribution in [3.05, 3.63) is 65.7 Å². The van der Waals surface area contributed by atoms with E-state index in [4.69, 9.17) is 10.3 Å². The maximum absolute atomic E-state index is 12.7. The summed E-state index contributed by atoms with van der Waals surface area (Å²) >= 11 is 0. The van der Waals surface area contributed by atoms with Gasteiger partial charge in [-0.05, 0) is 29.8 Å². The number of amides is 1. The molecule has 128 valence electrons. The van der Waals surface area contributed by atoms with Gasteiger partial charge in [0.05, 0.1) is 20.8 Å². The van der Waals surface area contributed by atoms with Gasteiger partial charge in [-0.15, -0.1) is 0 Å². The second kappa shape index (κ2) is 8.42. The van der Waals surface area contributed by atoms with Gasteiger partial charge in [-0.2, -0.15) is 4.79 Å². The summed E-state index contributed by atoms with van der Waals surface area (Å²) in [6.07, 6.45) is 0. The SMILES string of the molecule is COC(=O)C(=[N+]=[N-])C(=O)N(Cc1ccccc1)c1ccc(OC)cc1. The van der Waals surface area contributed by atoms with Crippen LogP contribution in [-0.4, -0.2) is 36.6 Å². The Bertz CT molecular complexity index is 797. The molecule has 0 aromatic heterocycles. The van der Waals surface area contributed by atoms with Crippen LogP contribution in [0, 0.1) is 0 Å². The van der Waals surface area contributed by atoms with E-state index >= 15 is 0 Å². The molecule has 7 heteroatoms. The van der Waals surface area contributed by atoms with E-state index in [2.05, 4.69) is 9.53 Å². The third-order valence-electron chi connectivity index (χ3n) is 3.49. The van der Waals surface area contributed by atoms with Crippen molar-refractivity contribution in [1.29, 1.82) is 0 Å². The van der Waals surface area contributed by atoms with Crippen LogP contribution in [0.15, 0.2) is 54.6 Å². The van der Waals surface area contributed by atoms with Crippen molar-refractivity contribution in [2.24, 2.45) is 0 Å². The van der Waals surface area contributed by atoms with E-state index in [-0.39, 0.29) is 6.54 Å². The maximum atomic E-state index is 12.7. The van der Waals surface area contributed by atoms with Crippen molar-refractivity contribution in [1.82, 2.24) is 0 Å². The van der Waals surface area contributed by atoms with Crippen LogP contribution in [0.2, 0.25) is 0 Å². The van der Waals surface area contributed by atoms with Crippen LogP contribution >= 0.6 is 0 Å². The number of hydrogen-bond acceptors (Lipinski definition) is 4. The molecule has 0 fully saturated rings. The van der Waals surface area contributed by atoms with E-state index in [1.165, 1.54) is 12.0 Å². The van der Waals surface area contributed by atoms with Crippen LogP contribution in [0.5, 0.6) is 5.75 Å². The number of nitrogens with zero attached hydrogens (tertiary/aromatic N) is 3. The Morgan fingerprint density at radius 2 is 1.68 bits per heavy atom. The highest BCUT2D eigenvalue weighted by Gasteiger charge is 2.35. The fourth-order valence-corrected chi connectivity index (χ4v) is 2.20. The van der Waals surface area contributed by atoms with Gasteiger partial charge >= 0.3 is 17.6 Å². The predicted octanol–water partition coefficient (Wildman–Crippen LogP) is 2.07. The molecule has 0 aliphatic carbocycles. The molecule has 2 rings (SSSR count). The van der Waals surface area contributed by atoms with E-state index in [1.807, 2.05) is 30.3 Å². The number of ether oxygens (including phenoxy) is 2. The minimum Gasteiger partial charge on any atom is -0.497 e. The summed E-state index contributed by atoms with van der Waals surface area (Å²) in [5.74, 6) is -1.16. The molecule has 25 heavy (non-hydrogen) atoms. The topological polar surface area (TPSA) is 92.2 Å². The summed E-state index contributed by atoms with van der Waals surface area (Å²) in [5.41, 5.74) is 9.72. The molecular weight excluding hydrogens is 322 g/mol. The molecule has 0 aliphatic heterocycles. The molecule has 0 atom stereocenters. The molecule has 2 aromatic carbocycles. The number of hydrogen-bond donors (Lipinski definition) is 0. The third-order valence-corrected chi connectivity index (χ3v) is 3.49. The first-order valence-corrected chi connectivity index (χ1v) is 7.41. The Balaban J connectivity index is 2.41. The largest absolute Gasteiger partial charge is 0.497 e. The predicted molar refractivity (Wildman–Crippen MR) is 91.3 cm³/mol. The van der Waals surface area contributed by atoms with Crippen LogP contribution in [0.3, 0.4) is 0 Å². The number of methoxy groups -OCH3 is 2. The monoisotopic (exact) mass is 339 g/mol. The number of carbonyl (C=O) groups is 2. The number of carbonyl (C=O) groups excluding carboxylic acids is 2. The van der Waals surface area contributed by atoms with Crippen molar-refractivity contribution in [2.75, 3.05) is 19.1 Å². The molecule has 0 unspecified atom stereocenters. The van der Waals surface area contributed by atoms with E-state index < -0.39 is 17.6 Å². The smallest absolute Gasteiger partial charge is 0.463 e. The Kier molecular flexibility index (Phi) is 6.03. The van der Waals surface area contributed by atoms with E-state index in [9.17, 15) is 9.59 Å². The Morgan fingerprint density at radius 1 is 1.04 bits per heavy atom. The average molecular weight is 339 g/mol. The molecular formula is C18H17N3O4. The van der Waals surface area contributed by atoms with Crippen molar-refractivity contribution in [3.63, 3.8) is 0 Å². The molecule has 0 aliphatic rings. The normalized spacial score (nSPS) is 9.68. The lowest BCUT2D eigenvalue weighted by Gasteiger charge is -2.21. The Hall–Kier alpha value is -3.44. The first-order chi connectivity index (χ1) is 12.1. The number of anilines is 1. The summed E-state index contributed by atoms with van der Waals surface area (Å²) in [6.45, 7) is 0.183. The van der Waals surface area contributed by atoms with Gasteiger partial charge < -0.3 is 15.0 Å². The average Bonchev–Trinajstić information content (AvgIpc) is 2.67. The Morgan fingerprint density at radius 3 is 2.20 bits per heavy atom. The van der Waals surface area contributed by atoms with Gasteiger partial charge in [-0.1, -0.05) is 30.3 Å². The van der Waals surface area contributed by atoms with Gasteiger partial charge in [-0.3, -0.25) is 9.69 Å². The number of benzene rings is 2. The fraction of sp³-hybridized carbons (Fsp3) is 0.167. The van der Waals surface area contributed by atoms with Gasteiger partial charge in [-0.25, -0.2) is 4.79 Å². The van der Waals surface area contributed by atoms with Gasteiger partial charge in [0.15, 0.2) is 0 Å². The van der Waals surface area contributed by atoms with Crippen molar-refractivity contribution < 1.29 is 23.9 Å². The summed E-state index contributed by atoms with van der Waals surface area (Å²) in [6, 6.07) is 16.0. The van der Waals surface area contributed by atoms with Gasteiger partial charge in [0.25, 0.3) is 0 Å². The second-order valence-corrected chi connectivity index (χ2v) is 5.02. The number of esters is 1. The quantitative estimate of drug-likeness (QED) is 0.265. The maximum Gasteiger partial charge on any atom is 0.463 e. The summed E-state index contributed by atoms with van der Waals surface area (Å²) in [4.78, 5) is 28.6. The van der Waals surface area contributed by atoms with Crippen molar-refractivity contribution >= 4 is 23.3 Å². The molecule has 0 heterocycles. The van der Waals surface area contributed by atoms with Gasteiger partial charge in [0.2, 0.25) is 0 Å². The first kappa shape index (κ1) is 17.9. The van der Waals surface area contributed by atoms with Crippen molar-refractivity contribution in [2.45, 2.75) is 6.54 Å². The van der Waals surface area contributed by atoms with E-state index in [0.29, 0.717) is 11.4 Å². The molecule has 0 N–H and O–H groups in total. The highest BCUT2D eigenvalue weighted by Crippen LogP contribution is 2.21. The molecule has 0 saturated heterocycles. The highest BCUT2D eigenvalue weighted by atomic mass is 16.5. The highest BCUT2D eigenvalue weighted by molar-refractivity contribution is 6.64. The van der Waals surface area contributed by atoms with Crippen LogP contribution in [0.25, 0.3) is 5.53 Å². The van der Waals surface area contributed by atoms with Crippen molar-refractivity contribution in [3.8, 4) is 5.75 Å². The van der Waals surface area contributed by atoms with Crippen LogP contribution in [0.1, 0.15) is 5.56 Å². The summed E-state index contributed by atoms with van der Waals surface area (Å²) in [5, 5.41) is 0. The lowest BCUT2D eigenvalue weighted by Crippen LogP contribution is -2.40. The summed E-state index contributed by atoms with van der Waals surface area (Å²) < 4.78 is 9.61. The first-order valence-electron chi connectivity index (χ1n) is 7.41. The molecule has 0 bridgehead atoms. The van der Waals surface area contributed by atoms with E-state index in [0.717, 1.165) is 12.7 Å². The standard InChI is InChI=1S/C18H17N3O4/c1-24-15-10-8-14(9-11-15)21(12-13-6-4-3-5-7-13)17(22)16(20-19)18(23)25-2/h3-11H,12H2,1-2H3. The molecule has 1 amide bonds. The second-order valence-electron chi connectivity index (χ2n) is 5.02. The van der Waals surface area contributed by atoms with Crippen LogP contribution in [-0.2, 0) is 20.9 Å². The lowest BCUT2D eigenvalue weighted by atomic mass is 10.1. The molecule has 0 spiro atoms. The Labute approximate surface area is 145 Å². The summed E-state index contributed by atoms with van der Waals surface area (Å²) in [7, 11) is 2.64. The van der Waals surface area contributed by atoms with Crippen LogP contribution in [0.4, 0.5) is 5.69 Å². The molecule has 0 radical (unpaired) electrons. The fourth-order valence-electron chi connectivity index (χ4n) is 2.20. The molecule has 0 saturated carbocycles. The third kappa shape index (κ3) is 4.31. The van der Waals surface area contributed by atoms with Gasteiger partial charge in [0.1, 0.15) is 5.75 Å².